The van der Waals surface area contributed by atoms with E-state index in [1.807, 2.05) is 18.2 Å². The maximum Gasteiger partial charge on any atom is 0.387 e. The van der Waals surface area contributed by atoms with Gasteiger partial charge in [-0.1, -0.05) is 23.4 Å². The number of aryl methyl sites for hydroxylation is 2. The Morgan fingerprint density at radius 3 is 2.85 bits per heavy atom. The molecule has 0 aromatic heterocycles. The summed E-state index contributed by atoms with van der Waals surface area (Å²) in [5.74, 6) is -0.366. The predicted molar refractivity (Wildman–Crippen MR) is 93.7 cm³/mol. The quantitative estimate of drug-likeness (QED) is 0.604. The van der Waals surface area contributed by atoms with Crippen molar-refractivity contribution in [1.29, 1.82) is 0 Å². The fourth-order valence-corrected chi connectivity index (χ4v) is 2.83. The molecular formula is C19H18F2N2O3. The lowest BCUT2D eigenvalue weighted by Crippen LogP contribution is -2.17. The number of carbonyl (C=O) groups excluding carboxylic acids is 1. The second kappa shape index (κ2) is 8.42. The van der Waals surface area contributed by atoms with E-state index >= 15 is 0 Å². The summed E-state index contributed by atoms with van der Waals surface area (Å²) in [5, 5.41) is 6.38. The van der Waals surface area contributed by atoms with Gasteiger partial charge in [-0.3, -0.25) is 4.79 Å². The normalized spacial score (nSPS) is 13.0. The Morgan fingerprint density at radius 1 is 1.19 bits per heavy atom. The zero-order chi connectivity index (χ0) is 18.4. The van der Waals surface area contributed by atoms with Crippen molar-refractivity contribution in [2.24, 2.45) is 5.16 Å². The first-order valence-corrected chi connectivity index (χ1v) is 8.22. The molecule has 0 saturated carbocycles. The number of alkyl halides is 2. The van der Waals surface area contributed by atoms with Crippen LogP contribution in [0.1, 0.15) is 23.1 Å². The Morgan fingerprint density at radius 2 is 2.00 bits per heavy atom. The van der Waals surface area contributed by atoms with Gasteiger partial charge in [0.15, 0.2) is 6.61 Å². The van der Waals surface area contributed by atoms with Crippen LogP contribution in [0.25, 0.3) is 0 Å². The van der Waals surface area contributed by atoms with Crippen molar-refractivity contribution in [1.82, 2.24) is 0 Å². The van der Waals surface area contributed by atoms with E-state index in [9.17, 15) is 13.6 Å². The summed E-state index contributed by atoms with van der Waals surface area (Å²) in [7, 11) is 0. The minimum atomic E-state index is -2.93. The van der Waals surface area contributed by atoms with Gasteiger partial charge in [-0.15, -0.1) is 0 Å². The van der Waals surface area contributed by atoms with Crippen molar-refractivity contribution in [2.75, 3.05) is 11.9 Å². The zero-order valence-corrected chi connectivity index (χ0v) is 14.0. The fourth-order valence-electron chi connectivity index (χ4n) is 2.83. The lowest BCUT2D eigenvalue weighted by molar-refractivity contribution is -0.120. The third-order valence-corrected chi connectivity index (χ3v) is 3.98. The molecule has 1 N–H and O–H groups in total. The molecule has 5 nitrogen and oxygen atoms in total. The minimum absolute atomic E-state index is 0.0163. The van der Waals surface area contributed by atoms with Crippen LogP contribution in [0.4, 0.5) is 14.5 Å². The van der Waals surface area contributed by atoms with Crippen molar-refractivity contribution in [3.63, 3.8) is 0 Å². The van der Waals surface area contributed by atoms with Gasteiger partial charge < -0.3 is 14.9 Å². The average Bonchev–Trinajstić information content (AvgIpc) is 3.07. The van der Waals surface area contributed by atoms with E-state index in [4.69, 9.17) is 4.84 Å². The molecule has 1 aliphatic carbocycles. The molecule has 2 aromatic rings. The van der Waals surface area contributed by atoms with Gasteiger partial charge in [0.05, 0.1) is 6.21 Å². The van der Waals surface area contributed by atoms with Crippen molar-refractivity contribution < 1.29 is 23.1 Å². The molecule has 136 valence electrons. The highest BCUT2D eigenvalue weighted by molar-refractivity contribution is 5.92. The highest BCUT2D eigenvalue weighted by Gasteiger charge is 2.12. The Balaban J connectivity index is 1.50. The molecule has 1 amide bonds. The SMILES string of the molecule is O=C(CO/N=C\c1ccccc1OC(F)F)Nc1ccc2c(c1)CCC2. The van der Waals surface area contributed by atoms with Crippen LogP contribution >= 0.6 is 0 Å². The zero-order valence-electron chi connectivity index (χ0n) is 14.0. The van der Waals surface area contributed by atoms with Crippen molar-refractivity contribution >= 4 is 17.8 Å². The number of anilines is 1. The number of ether oxygens (including phenoxy) is 1. The van der Waals surface area contributed by atoms with Gasteiger partial charge in [-0.25, -0.2) is 0 Å². The summed E-state index contributed by atoms with van der Waals surface area (Å²) < 4.78 is 29.0. The highest BCUT2D eigenvalue weighted by atomic mass is 19.3. The molecule has 0 saturated heterocycles. The van der Waals surface area contributed by atoms with Crippen LogP contribution in [0.2, 0.25) is 0 Å². The molecule has 3 rings (SSSR count). The van der Waals surface area contributed by atoms with Gasteiger partial charge in [0.2, 0.25) is 0 Å². The van der Waals surface area contributed by atoms with Crippen LogP contribution < -0.4 is 10.1 Å². The topological polar surface area (TPSA) is 59.9 Å². The number of carbonyl (C=O) groups is 1. The van der Waals surface area contributed by atoms with Crippen LogP contribution in [0.3, 0.4) is 0 Å². The number of amides is 1. The number of benzene rings is 2. The van der Waals surface area contributed by atoms with E-state index in [1.54, 1.807) is 18.2 Å². The molecule has 0 unspecified atom stereocenters. The Hall–Kier alpha value is -2.96. The number of hydrogen-bond donors (Lipinski definition) is 1. The third kappa shape index (κ3) is 4.78. The number of fused-ring (bicyclic) bond motifs is 1. The molecule has 7 heteroatoms. The second-order valence-electron chi connectivity index (χ2n) is 5.81. The van der Waals surface area contributed by atoms with Gasteiger partial charge >= 0.3 is 6.61 Å². The van der Waals surface area contributed by atoms with Crippen molar-refractivity contribution in [3.05, 3.63) is 59.2 Å². The molecule has 2 aromatic carbocycles. The Bertz CT molecular complexity index is 809. The van der Waals surface area contributed by atoms with Crippen LogP contribution in [0, 0.1) is 0 Å². The number of halogens is 2. The molecule has 26 heavy (non-hydrogen) atoms. The fraction of sp³-hybridized carbons (Fsp3) is 0.263. The standard InChI is InChI=1S/C19H18F2N2O3/c20-19(21)26-17-7-2-1-4-15(17)11-22-25-12-18(24)23-16-9-8-13-5-3-6-14(13)10-16/h1-2,4,7-11,19H,3,5-6,12H2,(H,23,24)/b22-11-. The van der Waals surface area contributed by atoms with E-state index in [-0.39, 0.29) is 18.3 Å². The van der Waals surface area contributed by atoms with Gasteiger partial charge in [0.25, 0.3) is 5.91 Å². The molecule has 0 fully saturated rings. The van der Waals surface area contributed by atoms with Crippen molar-refractivity contribution in [2.45, 2.75) is 25.9 Å². The smallest absolute Gasteiger partial charge is 0.387 e. The molecule has 0 radical (unpaired) electrons. The maximum absolute atomic E-state index is 12.3. The summed E-state index contributed by atoms with van der Waals surface area (Å²) in [5.41, 5.74) is 3.64. The maximum atomic E-state index is 12.3. The largest absolute Gasteiger partial charge is 0.434 e. The monoisotopic (exact) mass is 360 g/mol. The van der Waals surface area contributed by atoms with E-state index < -0.39 is 6.61 Å². The molecule has 0 bridgehead atoms. The summed E-state index contributed by atoms with van der Waals surface area (Å²) in [6.45, 7) is -3.21. The molecule has 0 aliphatic heterocycles. The lowest BCUT2D eigenvalue weighted by atomic mass is 10.1. The molecule has 1 aliphatic rings. The first kappa shape index (κ1) is 17.8. The summed E-state index contributed by atoms with van der Waals surface area (Å²) in [6, 6.07) is 12.0. The average molecular weight is 360 g/mol. The summed E-state index contributed by atoms with van der Waals surface area (Å²) >= 11 is 0. The van der Waals surface area contributed by atoms with Crippen LogP contribution in [0.15, 0.2) is 47.6 Å². The van der Waals surface area contributed by atoms with Crippen molar-refractivity contribution in [3.8, 4) is 5.75 Å². The number of para-hydroxylation sites is 1. The predicted octanol–water partition coefficient (Wildman–Crippen LogP) is 3.77. The molecule has 0 spiro atoms. The van der Waals surface area contributed by atoms with E-state index in [0.29, 0.717) is 5.56 Å². The number of hydrogen-bond acceptors (Lipinski definition) is 4. The summed E-state index contributed by atoms with van der Waals surface area (Å²) in [6.07, 6.45) is 4.47. The van der Waals surface area contributed by atoms with Gasteiger partial charge in [0, 0.05) is 11.3 Å². The molecule has 0 atom stereocenters. The van der Waals surface area contributed by atoms with Crippen LogP contribution in [-0.2, 0) is 22.5 Å². The van der Waals surface area contributed by atoms with Crippen LogP contribution in [-0.4, -0.2) is 25.3 Å². The summed E-state index contributed by atoms with van der Waals surface area (Å²) in [4.78, 5) is 16.8. The van der Waals surface area contributed by atoms with E-state index in [0.717, 1.165) is 24.9 Å². The minimum Gasteiger partial charge on any atom is -0.434 e. The highest BCUT2D eigenvalue weighted by Crippen LogP contribution is 2.24. The molecular weight excluding hydrogens is 342 g/mol. The number of rotatable bonds is 7. The van der Waals surface area contributed by atoms with Gasteiger partial charge in [-0.05, 0) is 54.7 Å². The second-order valence-corrected chi connectivity index (χ2v) is 5.81. The third-order valence-electron chi connectivity index (χ3n) is 3.98. The number of nitrogens with one attached hydrogen (secondary N) is 1. The Kier molecular flexibility index (Phi) is 5.78. The first-order chi connectivity index (χ1) is 12.6. The Labute approximate surface area is 149 Å². The first-order valence-electron chi connectivity index (χ1n) is 8.22. The number of nitrogens with zero attached hydrogens (tertiary/aromatic N) is 1. The van der Waals surface area contributed by atoms with E-state index in [1.165, 1.54) is 23.4 Å². The van der Waals surface area contributed by atoms with E-state index in [2.05, 4.69) is 15.2 Å². The number of oxime groups is 1. The van der Waals surface area contributed by atoms with Crippen LogP contribution in [0.5, 0.6) is 5.75 Å². The molecule has 0 heterocycles. The lowest BCUT2D eigenvalue weighted by Gasteiger charge is -2.07. The van der Waals surface area contributed by atoms with Gasteiger partial charge in [-0.2, -0.15) is 8.78 Å². The van der Waals surface area contributed by atoms with Gasteiger partial charge in [0.1, 0.15) is 5.75 Å².